The summed E-state index contributed by atoms with van der Waals surface area (Å²) < 4.78 is 52.2. The van der Waals surface area contributed by atoms with Crippen molar-refractivity contribution in [3.8, 4) is 11.3 Å². The van der Waals surface area contributed by atoms with Crippen molar-refractivity contribution in [1.82, 2.24) is 19.9 Å². The highest BCUT2D eigenvalue weighted by Crippen LogP contribution is 2.60. The summed E-state index contributed by atoms with van der Waals surface area (Å²) in [5.74, 6) is -2.47. The molecule has 2 saturated carbocycles. The van der Waals surface area contributed by atoms with E-state index < -0.39 is 60.8 Å². The lowest BCUT2D eigenvalue weighted by atomic mass is 9.62. The number of hydrogen-bond acceptors (Lipinski definition) is 15. The summed E-state index contributed by atoms with van der Waals surface area (Å²) in [6.45, 7) is 8.01. The Morgan fingerprint density at radius 3 is 2.29 bits per heavy atom. The fourth-order valence-corrected chi connectivity index (χ4v) is 12.5. The molecule has 4 heterocycles. The number of carbonyl (C=O) groups is 2. The Morgan fingerprint density at radius 2 is 1.62 bits per heavy atom. The Kier molecular flexibility index (Phi) is 15.2. The van der Waals surface area contributed by atoms with Crippen LogP contribution in [-0.2, 0) is 47.5 Å². The van der Waals surface area contributed by atoms with Crippen molar-refractivity contribution in [2.45, 2.75) is 165 Å². The Morgan fingerprint density at radius 1 is 0.892 bits per heavy atom. The smallest absolute Gasteiger partial charge is 0.306 e. The minimum Gasteiger partial charge on any atom is -0.462 e. The number of aromatic nitrogens is 3. The molecule has 1 aromatic heterocycles. The number of aliphatic hydroxyl groups is 1. The number of hydrogen-bond donors (Lipinski definition) is 2. The molecule has 360 valence electrons. The highest BCUT2D eigenvalue weighted by atomic mass is 16.7. The zero-order chi connectivity index (χ0) is 46.3. The topological polar surface area (TPSA) is 188 Å². The number of benzene rings is 1. The summed E-state index contributed by atoms with van der Waals surface area (Å²) in [4.78, 5) is 31.4. The molecule has 5 unspecified atom stereocenters. The second kappa shape index (κ2) is 20.5. The molecule has 3 N–H and O–H groups in total. The molecule has 3 saturated heterocycles. The third-order valence-electron chi connectivity index (χ3n) is 15.9. The van der Waals surface area contributed by atoms with E-state index in [9.17, 15) is 9.90 Å². The van der Waals surface area contributed by atoms with Crippen LogP contribution in [0.3, 0.4) is 0 Å². The van der Waals surface area contributed by atoms with Crippen LogP contribution in [0.1, 0.15) is 91.5 Å². The van der Waals surface area contributed by atoms with Gasteiger partial charge in [0.2, 0.25) is 0 Å². The van der Waals surface area contributed by atoms with Crippen LogP contribution in [0.15, 0.2) is 42.1 Å². The van der Waals surface area contributed by atoms with Crippen molar-refractivity contribution in [2.75, 3.05) is 41.2 Å². The number of ketones is 1. The minimum absolute atomic E-state index is 0.0266. The van der Waals surface area contributed by atoms with E-state index >= 15 is 4.79 Å². The largest absolute Gasteiger partial charge is 0.462 e. The van der Waals surface area contributed by atoms with E-state index in [1.54, 1.807) is 26.0 Å². The molecule has 19 atom stereocenters. The minimum atomic E-state index is -1.00. The van der Waals surface area contributed by atoms with Gasteiger partial charge in [-0.2, -0.15) is 0 Å². The predicted octanol–water partition coefficient (Wildman–Crippen LogP) is 5.37. The summed E-state index contributed by atoms with van der Waals surface area (Å²) in [6.07, 6.45) is 4.57. The number of nitrogen functional groups attached to an aromatic ring is 1. The second-order valence-electron chi connectivity index (χ2n) is 19.8. The van der Waals surface area contributed by atoms with Crippen molar-refractivity contribution in [3.63, 3.8) is 0 Å². The maximum atomic E-state index is 15.2. The van der Waals surface area contributed by atoms with Crippen LogP contribution in [0.2, 0.25) is 0 Å². The molecular formula is C49H73N5O11. The zero-order valence-corrected chi connectivity index (χ0v) is 39.7. The van der Waals surface area contributed by atoms with Crippen LogP contribution < -0.4 is 5.73 Å². The van der Waals surface area contributed by atoms with Gasteiger partial charge in [-0.1, -0.05) is 37.3 Å². The average molecular weight is 908 g/mol. The Labute approximate surface area is 384 Å². The van der Waals surface area contributed by atoms with E-state index in [1.165, 1.54) is 0 Å². The number of allylic oxidation sites excluding steroid dienone is 2. The van der Waals surface area contributed by atoms with Crippen LogP contribution in [0.25, 0.3) is 11.3 Å². The number of fused-ring (bicyclic) bond motifs is 5. The first-order chi connectivity index (χ1) is 31.2. The van der Waals surface area contributed by atoms with E-state index in [0.717, 1.165) is 24.8 Å². The second-order valence-corrected chi connectivity index (χ2v) is 19.8. The average Bonchev–Trinajstić information content (AvgIpc) is 4.03. The monoisotopic (exact) mass is 908 g/mol. The molecule has 1 aromatic carbocycles. The first kappa shape index (κ1) is 48.1. The molecule has 8 rings (SSSR count). The molecule has 0 radical (unpaired) electrons. The van der Waals surface area contributed by atoms with Gasteiger partial charge in [-0.25, -0.2) is 4.68 Å². The Hall–Kier alpha value is -3.32. The van der Waals surface area contributed by atoms with Gasteiger partial charge >= 0.3 is 5.97 Å². The summed E-state index contributed by atoms with van der Waals surface area (Å²) in [6, 6.07) is 7.18. The zero-order valence-electron chi connectivity index (χ0n) is 39.7. The molecule has 0 bridgehead atoms. The van der Waals surface area contributed by atoms with Crippen LogP contribution in [0.5, 0.6) is 0 Å². The summed E-state index contributed by atoms with van der Waals surface area (Å²) in [5, 5.41) is 22.2. The molecule has 16 heteroatoms. The maximum absolute atomic E-state index is 15.2. The molecule has 0 amide bonds. The molecular weight excluding hydrogens is 835 g/mol. The van der Waals surface area contributed by atoms with Gasteiger partial charge in [0.15, 0.2) is 18.4 Å². The van der Waals surface area contributed by atoms with Gasteiger partial charge in [0.25, 0.3) is 0 Å². The van der Waals surface area contributed by atoms with Gasteiger partial charge in [0.05, 0.1) is 49.2 Å². The van der Waals surface area contributed by atoms with Crippen molar-refractivity contribution in [1.29, 1.82) is 0 Å². The summed E-state index contributed by atoms with van der Waals surface area (Å²) in [5.41, 5.74) is 8.70. The Balaban J connectivity index is 1.13. The lowest BCUT2D eigenvalue weighted by Gasteiger charge is -2.46. The Bertz CT molecular complexity index is 1960. The number of esters is 1. The number of nitrogens with two attached hydrogens (primary N) is 1. The highest BCUT2D eigenvalue weighted by molar-refractivity contribution is 5.99. The molecule has 3 aliphatic heterocycles. The SMILES string of the molecule is CC[C@H]1CCC[C@H](O[C@H]2CC[C@H](N(C)C)C(C)O2)[C@@H](C)C(=O)C2=C[C@H]3[C@@H]4C[C@H](O[C@@H]5OC(C)[C@H](OC)C(OC)[C@@H]5OC)C[C@H]4C(n4cc(-c5ccc(N)cc5)nn4)C(O)[C@H]3[C@@H]2CC(=O)O1. The van der Waals surface area contributed by atoms with Crippen molar-refractivity contribution in [3.05, 3.63) is 42.1 Å². The molecule has 0 spiro atoms. The molecule has 3 aliphatic carbocycles. The summed E-state index contributed by atoms with van der Waals surface area (Å²) >= 11 is 0. The van der Waals surface area contributed by atoms with Crippen LogP contribution in [0.4, 0.5) is 5.69 Å². The first-order valence-corrected chi connectivity index (χ1v) is 24.0. The standard InChI is InChI=1S/C49H73N5O11/c1-10-30-12-11-13-39(65-41-19-18-38(53(5)6)26(3)61-41)25(2)44(56)36-22-33-32-20-31(64-49-48(60-9)47(59-8)46(58-7)27(4)62-49)21-35(32)43(45(57)42(33)34(36)23-40(55)63-30)54-24-37(51-52-54)28-14-16-29(50)17-15-28/h14-17,22,24-27,30-35,38-39,41-43,45-49,57H,10-13,18-21,23,50H2,1-9H3/t25-,26?,27?,30+,31+,32+,33+,34-,35-,38+,39+,41+,42-,43?,45?,46+,47?,48+,49+/m1/s1. The van der Waals surface area contributed by atoms with E-state index in [4.69, 9.17) is 43.6 Å². The van der Waals surface area contributed by atoms with E-state index in [1.807, 2.05) is 51.2 Å². The van der Waals surface area contributed by atoms with Gasteiger partial charge in [0, 0.05) is 56.4 Å². The third-order valence-corrected chi connectivity index (χ3v) is 15.9. The number of aliphatic hydroxyl groups excluding tert-OH is 1. The number of cyclic esters (lactones) is 1. The maximum Gasteiger partial charge on any atom is 0.306 e. The normalized spacial score (nSPS) is 41.5. The van der Waals surface area contributed by atoms with E-state index in [2.05, 4.69) is 42.3 Å². The van der Waals surface area contributed by atoms with E-state index in [-0.39, 0.29) is 72.5 Å². The van der Waals surface area contributed by atoms with Gasteiger partial charge in [-0.05, 0) is 115 Å². The number of ether oxygens (including phenoxy) is 8. The van der Waals surface area contributed by atoms with Gasteiger partial charge in [0.1, 0.15) is 30.1 Å². The number of nitrogens with zero attached hydrogens (tertiary/aromatic N) is 4. The first-order valence-electron chi connectivity index (χ1n) is 24.0. The fourth-order valence-electron chi connectivity index (χ4n) is 12.5. The van der Waals surface area contributed by atoms with Crippen LogP contribution in [-0.4, -0.2) is 146 Å². The number of anilines is 1. The number of methoxy groups -OCH3 is 3. The number of likely N-dealkylation sites (N-methyl/N-ethyl adjacent to an activating group) is 1. The molecule has 6 aliphatic rings. The van der Waals surface area contributed by atoms with E-state index in [0.29, 0.717) is 49.1 Å². The van der Waals surface area contributed by atoms with Crippen LogP contribution >= 0.6 is 0 Å². The summed E-state index contributed by atoms with van der Waals surface area (Å²) in [7, 11) is 9.02. The lowest BCUT2D eigenvalue weighted by molar-refractivity contribution is -0.314. The number of rotatable bonds is 11. The highest BCUT2D eigenvalue weighted by Gasteiger charge is 2.60. The lowest BCUT2D eigenvalue weighted by Crippen LogP contribution is -2.59. The van der Waals surface area contributed by atoms with Gasteiger partial charge < -0.3 is 53.6 Å². The fraction of sp³-hybridized carbons (Fsp3) is 0.755. The van der Waals surface area contributed by atoms with Crippen molar-refractivity contribution < 1.29 is 52.6 Å². The molecule has 2 aromatic rings. The van der Waals surface area contributed by atoms with Gasteiger partial charge in [-0.15, -0.1) is 5.10 Å². The molecule has 5 fully saturated rings. The number of Topliss-reactive ketones (excluding diaryl/α,β-unsaturated/α-hetero) is 1. The quantitative estimate of drug-likeness (QED) is 0.216. The predicted molar refractivity (Wildman–Crippen MR) is 240 cm³/mol. The van der Waals surface area contributed by atoms with Crippen LogP contribution in [0, 0.1) is 35.5 Å². The molecule has 65 heavy (non-hydrogen) atoms. The third kappa shape index (κ3) is 9.71. The van der Waals surface area contributed by atoms with Crippen molar-refractivity contribution >= 4 is 17.4 Å². The van der Waals surface area contributed by atoms with Gasteiger partial charge in [-0.3, -0.25) is 9.59 Å². The molecule has 16 nitrogen and oxygen atoms in total. The van der Waals surface area contributed by atoms with Crippen molar-refractivity contribution in [2.24, 2.45) is 35.5 Å². The number of carbonyl (C=O) groups excluding carboxylic acids is 2.